The lowest BCUT2D eigenvalue weighted by Gasteiger charge is -2.18. The molecule has 0 spiro atoms. The van der Waals surface area contributed by atoms with Crippen LogP contribution in [0.2, 0.25) is 0 Å². The van der Waals surface area contributed by atoms with Gasteiger partial charge in [-0.15, -0.1) is 5.10 Å². The second kappa shape index (κ2) is 8.58. The van der Waals surface area contributed by atoms with E-state index in [1.165, 1.54) is 16.4 Å². The predicted octanol–water partition coefficient (Wildman–Crippen LogP) is 1.84. The van der Waals surface area contributed by atoms with Gasteiger partial charge < -0.3 is 10.2 Å². The Bertz CT molecular complexity index is 1120. The van der Waals surface area contributed by atoms with Crippen LogP contribution in [0.4, 0.5) is 5.69 Å². The van der Waals surface area contributed by atoms with Crippen molar-refractivity contribution < 1.29 is 18.0 Å². The number of hydrogen-bond donors (Lipinski definition) is 1. The molecule has 9 nitrogen and oxygen atoms in total. The van der Waals surface area contributed by atoms with Crippen LogP contribution in [-0.2, 0) is 14.8 Å². The van der Waals surface area contributed by atoms with E-state index in [0.717, 1.165) is 10.4 Å². The Balaban J connectivity index is 1.77. The van der Waals surface area contributed by atoms with Crippen LogP contribution in [0.25, 0.3) is 11.0 Å². The van der Waals surface area contributed by atoms with E-state index >= 15 is 0 Å². The Morgan fingerprint density at radius 1 is 1.17 bits per heavy atom. The van der Waals surface area contributed by atoms with Crippen LogP contribution in [0, 0.1) is 6.92 Å². The van der Waals surface area contributed by atoms with Crippen LogP contribution >= 0.6 is 0 Å². The summed E-state index contributed by atoms with van der Waals surface area (Å²) < 4.78 is 26.8. The summed E-state index contributed by atoms with van der Waals surface area (Å²) in [6.45, 7) is 5.91. The minimum absolute atomic E-state index is 0.116. The first-order chi connectivity index (χ1) is 13.8. The third kappa shape index (κ3) is 4.54. The van der Waals surface area contributed by atoms with Crippen molar-refractivity contribution in [2.24, 2.45) is 0 Å². The van der Waals surface area contributed by atoms with Gasteiger partial charge in [-0.25, -0.2) is 8.42 Å². The fourth-order valence-corrected chi connectivity index (χ4v) is 4.36. The van der Waals surface area contributed by atoms with Gasteiger partial charge in [0.15, 0.2) is 6.61 Å². The minimum atomic E-state index is -3.63. The second-order valence-corrected chi connectivity index (χ2v) is 8.33. The van der Waals surface area contributed by atoms with Gasteiger partial charge in [0.1, 0.15) is 11.0 Å². The van der Waals surface area contributed by atoms with Gasteiger partial charge in [0.2, 0.25) is 10.0 Å². The van der Waals surface area contributed by atoms with Crippen molar-refractivity contribution in [2.45, 2.75) is 25.7 Å². The first-order valence-electron chi connectivity index (χ1n) is 9.20. The molecule has 0 aliphatic rings. The molecule has 0 bridgehead atoms. The highest BCUT2D eigenvalue weighted by molar-refractivity contribution is 7.89. The van der Waals surface area contributed by atoms with Crippen LogP contribution in [-0.4, -0.2) is 53.5 Å². The second-order valence-electron chi connectivity index (χ2n) is 6.39. The van der Waals surface area contributed by atoms with Crippen LogP contribution in [0.1, 0.15) is 19.4 Å². The normalized spacial score (nSPS) is 11.7. The summed E-state index contributed by atoms with van der Waals surface area (Å²) in [5.41, 5.74) is 2.51. The highest BCUT2D eigenvalue weighted by atomic mass is 32.2. The maximum Gasteiger partial charge on any atom is 0.265 e. The number of amides is 1. The van der Waals surface area contributed by atoms with E-state index in [0.29, 0.717) is 29.8 Å². The predicted molar refractivity (Wildman–Crippen MR) is 109 cm³/mol. The molecule has 1 amide bonds. The topological polar surface area (TPSA) is 106 Å². The number of benzene rings is 2. The number of nitrogens with one attached hydrogen (secondary N) is 1. The summed E-state index contributed by atoms with van der Waals surface area (Å²) >= 11 is 0. The quantitative estimate of drug-likeness (QED) is 0.599. The maximum absolute atomic E-state index is 12.7. The average molecular weight is 417 g/mol. The minimum Gasteiger partial charge on any atom is -0.385 e. The van der Waals surface area contributed by atoms with Crippen LogP contribution < -0.4 is 10.2 Å². The number of aryl methyl sites for hydroxylation is 1. The molecule has 1 N–H and O–H groups in total. The van der Waals surface area contributed by atoms with E-state index in [1.54, 1.807) is 26.0 Å². The van der Waals surface area contributed by atoms with Crippen LogP contribution in [0.3, 0.4) is 0 Å². The molecule has 0 radical (unpaired) electrons. The molecule has 0 saturated carbocycles. The fraction of sp³-hybridized carbons (Fsp3) is 0.316. The molecule has 10 heteroatoms. The smallest absolute Gasteiger partial charge is 0.265 e. The molecule has 3 rings (SSSR count). The number of carbonyl (C=O) groups is 1. The molecule has 1 aromatic heterocycles. The van der Waals surface area contributed by atoms with Crippen molar-refractivity contribution in [3.63, 3.8) is 0 Å². The van der Waals surface area contributed by atoms with E-state index in [2.05, 4.69) is 15.6 Å². The molecular formula is C19H23N5O4S. The molecular weight excluding hydrogens is 394 g/mol. The van der Waals surface area contributed by atoms with Crippen molar-refractivity contribution in [3.05, 3.63) is 48.0 Å². The number of aromatic nitrogens is 3. The van der Waals surface area contributed by atoms with E-state index in [9.17, 15) is 13.2 Å². The number of rotatable bonds is 8. The van der Waals surface area contributed by atoms with Gasteiger partial charge in [-0.2, -0.15) is 4.31 Å². The molecule has 3 aromatic rings. The van der Waals surface area contributed by atoms with Crippen molar-refractivity contribution in [3.8, 4) is 0 Å². The maximum atomic E-state index is 12.7. The van der Waals surface area contributed by atoms with Crippen molar-refractivity contribution in [1.82, 2.24) is 19.5 Å². The lowest BCUT2D eigenvalue weighted by atomic mass is 10.2. The van der Waals surface area contributed by atoms with Crippen LogP contribution in [0.5, 0.6) is 0 Å². The molecule has 0 saturated heterocycles. The number of sulfonamides is 1. The van der Waals surface area contributed by atoms with Gasteiger partial charge in [-0.3, -0.25) is 4.79 Å². The summed E-state index contributed by atoms with van der Waals surface area (Å²) in [6, 6.07) is 11.9. The summed E-state index contributed by atoms with van der Waals surface area (Å²) in [5.74, 6) is -0.369. The zero-order chi connectivity index (χ0) is 21.0. The van der Waals surface area contributed by atoms with Crippen LogP contribution in [0.15, 0.2) is 47.4 Å². The Labute approximate surface area is 169 Å². The third-order valence-corrected chi connectivity index (χ3v) is 6.40. The number of hydrogen-bond acceptors (Lipinski definition) is 6. The van der Waals surface area contributed by atoms with Crippen molar-refractivity contribution in [2.75, 3.05) is 25.0 Å². The molecule has 154 valence electrons. The molecule has 0 atom stereocenters. The molecule has 0 aliphatic carbocycles. The summed E-state index contributed by atoms with van der Waals surface area (Å²) in [4.78, 5) is 18.8. The van der Waals surface area contributed by atoms with Crippen molar-refractivity contribution >= 4 is 32.7 Å². The number of fused-ring (bicyclic) bond motifs is 1. The zero-order valence-electron chi connectivity index (χ0n) is 16.5. The highest BCUT2D eigenvalue weighted by Crippen LogP contribution is 2.20. The lowest BCUT2D eigenvalue weighted by molar-refractivity contribution is -0.121. The van der Waals surface area contributed by atoms with Gasteiger partial charge in [0.05, 0.1) is 4.90 Å². The Kier molecular flexibility index (Phi) is 6.14. The molecule has 29 heavy (non-hydrogen) atoms. The first kappa shape index (κ1) is 20.7. The molecule has 0 fully saturated rings. The van der Waals surface area contributed by atoms with Gasteiger partial charge in [0.25, 0.3) is 5.91 Å². The fourth-order valence-electron chi connectivity index (χ4n) is 2.89. The highest BCUT2D eigenvalue weighted by Gasteiger charge is 2.23. The third-order valence-electron chi connectivity index (χ3n) is 4.35. The zero-order valence-corrected chi connectivity index (χ0v) is 17.3. The number of nitrogens with zero attached hydrogens (tertiary/aromatic N) is 4. The van der Waals surface area contributed by atoms with E-state index in [-0.39, 0.29) is 17.4 Å². The average Bonchev–Trinajstić information content (AvgIpc) is 3.09. The Morgan fingerprint density at radius 2 is 1.93 bits per heavy atom. The SMILES string of the molecule is CCN(CC)S(=O)(=O)c1ccc2nnn(OCC(=O)Nc3cccc(C)c3)c2c1. The first-order valence-corrected chi connectivity index (χ1v) is 10.6. The molecule has 0 unspecified atom stereocenters. The van der Waals surface area contributed by atoms with E-state index in [4.69, 9.17) is 4.84 Å². The Morgan fingerprint density at radius 3 is 2.62 bits per heavy atom. The molecule has 2 aromatic carbocycles. The molecule has 0 aliphatic heterocycles. The lowest BCUT2D eigenvalue weighted by Crippen LogP contribution is -2.30. The van der Waals surface area contributed by atoms with Gasteiger partial charge >= 0.3 is 0 Å². The van der Waals surface area contributed by atoms with Gasteiger partial charge in [0, 0.05) is 18.8 Å². The summed E-state index contributed by atoms with van der Waals surface area (Å²) in [5, 5.41) is 10.5. The monoisotopic (exact) mass is 417 g/mol. The van der Waals surface area contributed by atoms with E-state index in [1.807, 2.05) is 25.1 Å². The Hall–Kier alpha value is -2.98. The summed E-state index contributed by atoms with van der Waals surface area (Å²) in [6.07, 6.45) is 0. The van der Waals surface area contributed by atoms with Crippen molar-refractivity contribution in [1.29, 1.82) is 0 Å². The van der Waals surface area contributed by atoms with E-state index < -0.39 is 10.0 Å². The van der Waals surface area contributed by atoms with Gasteiger partial charge in [-0.05, 0) is 48.0 Å². The standard InChI is InChI=1S/C19H23N5O4S/c1-4-23(5-2)29(26,27)16-9-10-17-18(12-16)24(22-21-17)28-13-19(25)20-15-8-6-7-14(3)11-15/h6-12H,4-5,13H2,1-3H3,(H,20,25). The largest absolute Gasteiger partial charge is 0.385 e. The summed E-state index contributed by atoms with van der Waals surface area (Å²) in [7, 11) is -3.63. The van der Waals surface area contributed by atoms with Gasteiger partial charge in [-0.1, -0.05) is 30.8 Å². The number of carbonyl (C=O) groups excluding carboxylic acids is 1. The number of anilines is 1. The molecule has 1 heterocycles.